The molecular weight excluding hydrogens is 190 g/mol. The lowest BCUT2D eigenvalue weighted by molar-refractivity contribution is -0.127. The molecule has 1 aliphatic heterocycles. The lowest BCUT2D eigenvalue weighted by atomic mass is 10.0. The van der Waals surface area contributed by atoms with Crippen molar-refractivity contribution in [2.75, 3.05) is 7.11 Å². The van der Waals surface area contributed by atoms with E-state index in [2.05, 4.69) is 5.32 Å². The van der Waals surface area contributed by atoms with Crippen LogP contribution in [0.1, 0.15) is 12.0 Å². The maximum absolute atomic E-state index is 10.7. The van der Waals surface area contributed by atoms with Crippen molar-refractivity contribution in [1.82, 2.24) is 5.32 Å². The summed E-state index contributed by atoms with van der Waals surface area (Å²) >= 11 is 0. The molecule has 0 saturated carbocycles. The second-order valence-corrected chi connectivity index (χ2v) is 3.51. The van der Waals surface area contributed by atoms with Crippen molar-refractivity contribution in [3.8, 4) is 5.75 Å². The van der Waals surface area contributed by atoms with Gasteiger partial charge in [0.25, 0.3) is 0 Å². The molecular formula is C12H13NO2. The fourth-order valence-electron chi connectivity index (χ4n) is 1.47. The van der Waals surface area contributed by atoms with E-state index in [0.29, 0.717) is 6.42 Å². The lowest BCUT2D eigenvalue weighted by Gasteiger charge is -2.23. The number of rotatable bonds is 3. The molecule has 1 atom stereocenters. The molecule has 1 amide bonds. The molecule has 1 aromatic carbocycles. The Balaban J connectivity index is 2.00. The van der Waals surface area contributed by atoms with Gasteiger partial charge in [-0.05, 0) is 17.7 Å². The zero-order valence-corrected chi connectivity index (χ0v) is 8.57. The first-order valence-corrected chi connectivity index (χ1v) is 4.89. The summed E-state index contributed by atoms with van der Waals surface area (Å²) in [6.07, 6.45) is 4.59. The van der Waals surface area contributed by atoms with Crippen LogP contribution in [-0.2, 0) is 4.79 Å². The van der Waals surface area contributed by atoms with Crippen LogP contribution in [0.5, 0.6) is 5.75 Å². The van der Waals surface area contributed by atoms with Gasteiger partial charge in [0, 0.05) is 0 Å². The topological polar surface area (TPSA) is 38.3 Å². The maximum atomic E-state index is 10.7. The van der Waals surface area contributed by atoms with Gasteiger partial charge >= 0.3 is 0 Å². The fraction of sp³-hybridized carbons (Fsp3) is 0.250. The van der Waals surface area contributed by atoms with Gasteiger partial charge in [-0.1, -0.05) is 24.3 Å². The Labute approximate surface area is 88.8 Å². The van der Waals surface area contributed by atoms with Crippen molar-refractivity contribution in [3.05, 3.63) is 35.9 Å². The predicted octanol–water partition coefficient (Wildman–Crippen LogP) is 1.60. The van der Waals surface area contributed by atoms with Crippen LogP contribution < -0.4 is 10.1 Å². The second kappa shape index (κ2) is 4.17. The predicted molar refractivity (Wildman–Crippen MR) is 58.6 cm³/mol. The zero-order chi connectivity index (χ0) is 10.7. The van der Waals surface area contributed by atoms with Crippen LogP contribution in [0.25, 0.3) is 6.08 Å². The highest BCUT2D eigenvalue weighted by Crippen LogP contribution is 2.15. The van der Waals surface area contributed by atoms with Crippen LogP contribution in [0.2, 0.25) is 0 Å². The van der Waals surface area contributed by atoms with E-state index in [1.807, 2.05) is 36.4 Å². The number of hydrogen-bond acceptors (Lipinski definition) is 2. The van der Waals surface area contributed by atoms with Crippen molar-refractivity contribution in [1.29, 1.82) is 0 Å². The van der Waals surface area contributed by atoms with Gasteiger partial charge < -0.3 is 10.1 Å². The Kier molecular flexibility index (Phi) is 2.72. The summed E-state index contributed by atoms with van der Waals surface area (Å²) in [5.41, 5.74) is 1.08. The molecule has 3 nitrogen and oxygen atoms in total. The number of amides is 1. The Morgan fingerprint density at radius 2 is 2.33 bits per heavy atom. The van der Waals surface area contributed by atoms with Crippen molar-refractivity contribution in [3.63, 3.8) is 0 Å². The molecule has 1 N–H and O–H groups in total. The molecule has 1 aromatic rings. The molecule has 1 fully saturated rings. The van der Waals surface area contributed by atoms with Crippen LogP contribution in [0.3, 0.4) is 0 Å². The molecule has 0 bridgehead atoms. The third-order valence-corrected chi connectivity index (χ3v) is 2.37. The van der Waals surface area contributed by atoms with E-state index in [9.17, 15) is 4.79 Å². The molecule has 0 aliphatic carbocycles. The first-order valence-electron chi connectivity index (χ1n) is 4.89. The number of benzene rings is 1. The summed E-state index contributed by atoms with van der Waals surface area (Å²) < 4.78 is 5.12. The van der Waals surface area contributed by atoms with Gasteiger partial charge in [-0.3, -0.25) is 4.79 Å². The van der Waals surface area contributed by atoms with Gasteiger partial charge in [0.1, 0.15) is 5.75 Å². The van der Waals surface area contributed by atoms with Gasteiger partial charge in [0.2, 0.25) is 5.91 Å². The third kappa shape index (κ3) is 2.37. The lowest BCUT2D eigenvalue weighted by Crippen LogP contribution is -2.46. The summed E-state index contributed by atoms with van der Waals surface area (Å²) in [5.74, 6) is 0.963. The molecule has 1 heterocycles. The highest BCUT2D eigenvalue weighted by molar-refractivity contribution is 5.84. The highest BCUT2D eigenvalue weighted by Gasteiger charge is 2.21. The molecule has 3 heteroatoms. The van der Waals surface area contributed by atoms with Crippen LogP contribution in [-0.4, -0.2) is 19.1 Å². The fourth-order valence-corrected chi connectivity index (χ4v) is 1.47. The van der Waals surface area contributed by atoms with E-state index < -0.39 is 0 Å². The zero-order valence-electron chi connectivity index (χ0n) is 8.57. The van der Waals surface area contributed by atoms with Gasteiger partial charge in [-0.15, -0.1) is 0 Å². The van der Waals surface area contributed by atoms with E-state index in [0.717, 1.165) is 11.3 Å². The monoisotopic (exact) mass is 203 g/mol. The Hall–Kier alpha value is -1.77. The minimum Gasteiger partial charge on any atom is -0.497 e. The summed E-state index contributed by atoms with van der Waals surface area (Å²) in [6, 6.07) is 8.00. The number of nitrogens with one attached hydrogen (secondary N) is 1. The molecule has 0 spiro atoms. The van der Waals surface area contributed by atoms with E-state index in [-0.39, 0.29) is 11.9 Å². The van der Waals surface area contributed by atoms with Gasteiger partial charge in [-0.25, -0.2) is 0 Å². The standard InChI is InChI=1S/C12H13NO2/c1-15-11-4-2-3-9(7-11)5-6-10-8-12(14)13-10/h2-7,10H,8H2,1H3,(H,13,14). The van der Waals surface area contributed by atoms with Gasteiger partial charge in [0.05, 0.1) is 19.6 Å². The molecule has 1 unspecified atom stereocenters. The summed E-state index contributed by atoms with van der Waals surface area (Å²) in [5, 5.41) is 2.78. The van der Waals surface area contributed by atoms with E-state index >= 15 is 0 Å². The largest absolute Gasteiger partial charge is 0.497 e. The molecule has 0 aromatic heterocycles. The van der Waals surface area contributed by atoms with E-state index in [4.69, 9.17) is 4.74 Å². The van der Waals surface area contributed by atoms with Gasteiger partial charge in [0.15, 0.2) is 0 Å². The summed E-state index contributed by atoms with van der Waals surface area (Å²) in [4.78, 5) is 10.7. The Morgan fingerprint density at radius 1 is 1.53 bits per heavy atom. The average Bonchev–Trinajstić information content (AvgIpc) is 2.23. The third-order valence-electron chi connectivity index (χ3n) is 2.37. The van der Waals surface area contributed by atoms with Crippen molar-refractivity contribution in [2.24, 2.45) is 0 Å². The highest BCUT2D eigenvalue weighted by atomic mass is 16.5. The normalized spacial score (nSPS) is 19.8. The first-order chi connectivity index (χ1) is 7.28. The number of methoxy groups -OCH3 is 1. The van der Waals surface area contributed by atoms with Crippen molar-refractivity contribution in [2.45, 2.75) is 12.5 Å². The minimum absolute atomic E-state index is 0.121. The number of carbonyl (C=O) groups excluding carboxylic acids is 1. The maximum Gasteiger partial charge on any atom is 0.222 e. The van der Waals surface area contributed by atoms with Gasteiger partial charge in [-0.2, -0.15) is 0 Å². The summed E-state index contributed by atoms with van der Waals surface area (Å²) in [7, 11) is 1.65. The van der Waals surface area contributed by atoms with Crippen molar-refractivity contribution < 1.29 is 9.53 Å². The molecule has 78 valence electrons. The smallest absolute Gasteiger partial charge is 0.222 e. The Bertz CT molecular complexity index is 390. The summed E-state index contributed by atoms with van der Waals surface area (Å²) in [6.45, 7) is 0. The van der Waals surface area contributed by atoms with E-state index in [1.54, 1.807) is 7.11 Å². The quantitative estimate of drug-likeness (QED) is 0.758. The SMILES string of the molecule is COc1cccc(C=CC2CC(=O)N2)c1. The minimum atomic E-state index is 0.121. The molecule has 15 heavy (non-hydrogen) atoms. The Morgan fingerprint density at radius 3 is 3.00 bits per heavy atom. The molecule has 1 aliphatic rings. The second-order valence-electron chi connectivity index (χ2n) is 3.51. The van der Waals surface area contributed by atoms with Crippen LogP contribution in [0.4, 0.5) is 0 Å². The van der Waals surface area contributed by atoms with Crippen LogP contribution >= 0.6 is 0 Å². The number of carbonyl (C=O) groups is 1. The van der Waals surface area contributed by atoms with E-state index in [1.165, 1.54) is 0 Å². The molecule has 0 radical (unpaired) electrons. The van der Waals surface area contributed by atoms with Crippen LogP contribution in [0, 0.1) is 0 Å². The molecule has 1 saturated heterocycles. The van der Waals surface area contributed by atoms with Crippen LogP contribution in [0.15, 0.2) is 30.3 Å². The average molecular weight is 203 g/mol. The first kappa shape index (κ1) is 9.77. The number of hydrogen-bond donors (Lipinski definition) is 1. The van der Waals surface area contributed by atoms with Crippen molar-refractivity contribution >= 4 is 12.0 Å². The number of ether oxygens (including phenoxy) is 1. The molecule has 2 rings (SSSR count). The number of β-lactam (4-membered cyclic amide) rings is 1.